The maximum absolute atomic E-state index is 11.7. The zero-order chi connectivity index (χ0) is 12.3. The van der Waals surface area contributed by atoms with E-state index in [2.05, 4.69) is 5.32 Å². The van der Waals surface area contributed by atoms with Crippen LogP contribution in [0.1, 0.15) is 16.1 Å². The average Bonchev–Trinajstić information content (AvgIpc) is 2.95. The van der Waals surface area contributed by atoms with E-state index in [4.69, 9.17) is 0 Å². The van der Waals surface area contributed by atoms with Gasteiger partial charge in [0, 0.05) is 13.1 Å². The van der Waals surface area contributed by atoms with E-state index < -0.39 is 6.10 Å². The molecule has 2 amide bonds. The summed E-state index contributed by atoms with van der Waals surface area (Å²) in [7, 11) is 0. The van der Waals surface area contributed by atoms with E-state index in [-0.39, 0.29) is 18.4 Å². The third-order valence-electron chi connectivity index (χ3n) is 2.66. The molecule has 0 aliphatic carbocycles. The highest BCUT2D eigenvalue weighted by atomic mass is 32.1. The fourth-order valence-electron chi connectivity index (χ4n) is 1.73. The van der Waals surface area contributed by atoms with Crippen molar-refractivity contribution in [1.82, 2.24) is 10.2 Å². The van der Waals surface area contributed by atoms with Gasteiger partial charge in [0.15, 0.2) is 0 Å². The lowest BCUT2D eigenvalue weighted by Gasteiger charge is -2.15. The van der Waals surface area contributed by atoms with Crippen LogP contribution in [0.5, 0.6) is 0 Å². The van der Waals surface area contributed by atoms with Gasteiger partial charge < -0.3 is 15.3 Å². The van der Waals surface area contributed by atoms with Gasteiger partial charge in [-0.2, -0.15) is 0 Å². The van der Waals surface area contributed by atoms with Crippen molar-refractivity contribution in [2.45, 2.75) is 12.5 Å². The molecular formula is C11H14N2O3S. The number of rotatable bonds is 3. The first-order valence-corrected chi connectivity index (χ1v) is 6.32. The first kappa shape index (κ1) is 12.1. The van der Waals surface area contributed by atoms with Crippen LogP contribution in [0.4, 0.5) is 0 Å². The molecule has 1 atom stereocenters. The molecule has 17 heavy (non-hydrogen) atoms. The van der Waals surface area contributed by atoms with Crippen molar-refractivity contribution >= 4 is 23.2 Å². The van der Waals surface area contributed by atoms with Crippen LogP contribution < -0.4 is 5.32 Å². The van der Waals surface area contributed by atoms with Gasteiger partial charge in [-0.1, -0.05) is 6.07 Å². The Kier molecular flexibility index (Phi) is 3.75. The molecule has 1 saturated heterocycles. The summed E-state index contributed by atoms with van der Waals surface area (Å²) in [5, 5.41) is 13.7. The second kappa shape index (κ2) is 5.29. The standard InChI is InChI=1S/C11H14N2O3S/c14-8-3-4-13(7-8)10(15)6-12-11(16)9-2-1-5-17-9/h1-2,5,8,14H,3-4,6-7H2,(H,12,16)/t8-/m0/s1. The molecule has 6 heteroatoms. The van der Waals surface area contributed by atoms with Crippen molar-refractivity contribution in [2.75, 3.05) is 19.6 Å². The number of hydrogen-bond donors (Lipinski definition) is 2. The Bertz CT molecular complexity index is 405. The van der Waals surface area contributed by atoms with E-state index in [0.717, 1.165) is 0 Å². The second-order valence-electron chi connectivity index (χ2n) is 3.94. The molecule has 1 aliphatic rings. The summed E-state index contributed by atoms with van der Waals surface area (Å²) in [6, 6.07) is 3.50. The fraction of sp³-hybridized carbons (Fsp3) is 0.455. The normalized spacial score (nSPS) is 19.4. The van der Waals surface area contributed by atoms with Gasteiger partial charge in [-0.15, -0.1) is 11.3 Å². The zero-order valence-corrected chi connectivity index (χ0v) is 10.1. The van der Waals surface area contributed by atoms with Gasteiger partial charge in [-0.25, -0.2) is 0 Å². The Morgan fingerprint density at radius 2 is 2.41 bits per heavy atom. The van der Waals surface area contributed by atoms with Gasteiger partial charge in [0.1, 0.15) is 0 Å². The van der Waals surface area contributed by atoms with Crippen LogP contribution in [0.3, 0.4) is 0 Å². The number of thiophene rings is 1. The largest absolute Gasteiger partial charge is 0.391 e. The van der Waals surface area contributed by atoms with Crippen molar-refractivity contribution in [3.8, 4) is 0 Å². The van der Waals surface area contributed by atoms with E-state index >= 15 is 0 Å². The van der Waals surface area contributed by atoms with Crippen LogP contribution in [0.15, 0.2) is 17.5 Å². The van der Waals surface area contributed by atoms with E-state index in [0.29, 0.717) is 24.4 Å². The maximum Gasteiger partial charge on any atom is 0.261 e. The molecule has 1 aromatic rings. The summed E-state index contributed by atoms with van der Waals surface area (Å²) in [6.45, 7) is 0.923. The molecule has 0 bridgehead atoms. The molecular weight excluding hydrogens is 240 g/mol. The molecule has 1 aromatic heterocycles. The monoisotopic (exact) mass is 254 g/mol. The third kappa shape index (κ3) is 3.04. The van der Waals surface area contributed by atoms with Crippen molar-refractivity contribution in [3.05, 3.63) is 22.4 Å². The lowest BCUT2D eigenvalue weighted by Crippen LogP contribution is -2.39. The molecule has 0 spiro atoms. The lowest BCUT2D eigenvalue weighted by atomic mass is 10.3. The molecule has 1 fully saturated rings. The van der Waals surface area contributed by atoms with Crippen molar-refractivity contribution in [1.29, 1.82) is 0 Å². The number of carbonyl (C=O) groups excluding carboxylic acids is 2. The topological polar surface area (TPSA) is 69.6 Å². The highest BCUT2D eigenvalue weighted by Crippen LogP contribution is 2.09. The minimum atomic E-state index is -0.424. The quantitative estimate of drug-likeness (QED) is 0.802. The number of likely N-dealkylation sites (tertiary alicyclic amines) is 1. The minimum Gasteiger partial charge on any atom is -0.391 e. The Balaban J connectivity index is 1.78. The molecule has 5 nitrogen and oxygen atoms in total. The molecule has 1 aliphatic heterocycles. The molecule has 92 valence electrons. The number of aliphatic hydroxyl groups excluding tert-OH is 1. The van der Waals surface area contributed by atoms with Crippen molar-refractivity contribution in [2.24, 2.45) is 0 Å². The van der Waals surface area contributed by atoms with Gasteiger partial charge in [0.05, 0.1) is 17.5 Å². The van der Waals surface area contributed by atoms with E-state index in [9.17, 15) is 14.7 Å². The number of nitrogens with one attached hydrogen (secondary N) is 1. The van der Waals surface area contributed by atoms with Crippen LogP contribution in [0.25, 0.3) is 0 Å². The second-order valence-corrected chi connectivity index (χ2v) is 4.89. The average molecular weight is 254 g/mol. The van der Waals surface area contributed by atoms with Gasteiger partial charge in [0.2, 0.25) is 5.91 Å². The Morgan fingerprint density at radius 3 is 3.00 bits per heavy atom. The van der Waals surface area contributed by atoms with Gasteiger partial charge in [-0.3, -0.25) is 9.59 Å². The molecule has 0 unspecified atom stereocenters. The fourth-order valence-corrected chi connectivity index (χ4v) is 2.37. The van der Waals surface area contributed by atoms with Gasteiger partial charge in [-0.05, 0) is 17.9 Å². The summed E-state index contributed by atoms with van der Waals surface area (Å²) in [6.07, 6.45) is 0.192. The number of carbonyl (C=O) groups is 2. The van der Waals surface area contributed by atoms with E-state index in [1.165, 1.54) is 11.3 Å². The smallest absolute Gasteiger partial charge is 0.261 e. The Hall–Kier alpha value is -1.40. The number of β-amino-alcohol motifs (C(OH)–C–C–N with tert-alkyl or cyclic N) is 1. The molecule has 2 N–H and O–H groups in total. The van der Waals surface area contributed by atoms with Crippen LogP contribution >= 0.6 is 11.3 Å². The molecule has 2 heterocycles. The Morgan fingerprint density at radius 1 is 1.59 bits per heavy atom. The third-order valence-corrected chi connectivity index (χ3v) is 3.53. The molecule has 2 rings (SSSR count). The Labute approximate surface area is 103 Å². The van der Waals surface area contributed by atoms with Crippen LogP contribution in [0.2, 0.25) is 0 Å². The predicted octanol–water partition coefficient (Wildman–Crippen LogP) is 0.0711. The number of hydrogen-bond acceptors (Lipinski definition) is 4. The van der Waals surface area contributed by atoms with E-state index in [1.807, 2.05) is 5.38 Å². The SMILES string of the molecule is O=C(NCC(=O)N1CC[C@H](O)C1)c1cccs1. The van der Waals surface area contributed by atoms with Crippen molar-refractivity contribution in [3.63, 3.8) is 0 Å². The maximum atomic E-state index is 11.7. The molecule has 0 radical (unpaired) electrons. The summed E-state index contributed by atoms with van der Waals surface area (Å²) < 4.78 is 0. The minimum absolute atomic E-state index is 0.0105. The van der Waals surface area contributed by atoms with Crippen molar-refractivity contribution < 1.29 is 14.7 Å². The predicted molar refractivity (Wildman–Crippen MR) is 63.9 cm³/mol. The highest BCUT2D eigenvalue weighted by Gasteiger charge is 2.24. The van der Waals surface area contributed by atoms with Crippen LogP contribution in [0, 0.1) is 0 Å². The summed E-state index contributed by atoms with van der Waals surface area (Å²) in [5.74, 6) is -0.375. The summed E-state index contributed by atoms with van der Waals surface area (Å²) >= 11 is 1.34. The first-order chi connectivity index (χ1) is 8.16. The van der Waals surface area contributed by atoms with Gasteiger partial charge in [0.25, 0.3) is 5.91 Å². The van der Waals surface area contributed by atoms with Crippen LogP contribution in [-0.2, 0) is 4.79 Å². The highest BCUT2D eigenvalue weighted by molar-refractivity contribution is 7.12. The number of aliphatic hydroxyl groups is 1. The van der Waals surface area contributed by atoms with E-state index in [1.54, 1.807) is 17.0 Å². The lowest BCUT2D eigenvalue weighted by molar-refractivity contribution is -0.129. The molecule has 0 saturated carbocycles. The first-order valence-electron chi connectivity index (χ1n) is 5.44. The zero-order valence-electron chi connectivity index (χ0n) is 9.26. The van der Waals surface area contributed by atoms with Gasteiger partial charge >= 0.3 is 0 Å². The molecule has 0 aromatic carbocycles. The van der Waals surface area contributed by atoms with Crippen LogP contribution in [-0.4, -0.2) is 47.6 Å². The summed E-state index contributed by atoms with van der Waals surface area (Å²) in [4.78, 5) is 25.4. The number of amides is 2. The summed E-state index contributed by atoms with van der Waals surface area (Å²) in [5.41, 5.74) is 0. The number of nitrogens with zero attached hydrogens (tertiary/aromatic N) is 1.